The van der Waals surface area contributed by atoms with E-state index in [0.29, 0.717) is 6.61 Å². The zero-order chi connectivity index (χ0) is 14.4. The van der Waals surface area contributed by atoms with Gasteiger partial charge in [-0.1, -0.05) is 24.4 Å². The molecule has 0 saturated carbocycles. The molecular weight excluding hydrogens is 399 g/mol. The molecule has 0 atom stereocenters. The third-order valence-corrected chi connectivity index (χ3v) is 3.87. The fourth-order valence-electron chi connectivity index (χ4n) is 2.47. The van der Waals surface area contributed by atoms with Gasteiger partial charge in [0.15, 0.2) is 0 Å². The molecule has 1 aromatic rings. The quantitative estimate of drug-likeness (QED) is 0.490. The van der Waals surface area contributed by atoms with Crippen LogP contribution in [0, 0.1) is 0 Å². The van der Waals surface area contributed by atoms with E-state index in [0.717, 1.165) is 43.8 Å². The number of benzene rings is 1. The van der Waals surface area contributed by atoms with Crippen LogP contribution in [0.25, 0.3) is 5.70 Å². The van der Waals surface area contributed by atoms with Crippen molar-refractivity contribution in [1.82, 2.24) is 5.32 Å². The van der Waals surface area contributed by atoms with Gasteiger partial charge >= 0.3 is 0 Å². The number of anilines is 1. The van der Waals surface area contributed by atoms with Crippen molar-refractivity contribution in [1.29, 1.82) is 0 Å². The van der Waals surface area contributed by atoms with Gasteiger partial charge in [-0.05, 0) is 37.1 Å². The SMILES string of the molecule is CN1CC=C(NCCCCCCO)c2ccc(Cl)cc21.[I-]. The van der Waals surface area contributed by atoms with Crippen LogP contribution in [-0.4, -0.2) is 31.9 Å². The van der Waals surface area contributed by atoms with Crippen molar-refractivity contribution in [3.8, 4) is 0 Å². The number of halogens is 2. The number of aliphatic hydroxyl groups excluding tert-OH is 1. The van der Waals surface area contributed by atoms with E-state index in [1.807, 2.05) is 12.1 Å². The molecule has 1 aromatic carbocycles. The fourth-order valence-corrected chi connectivity index (χ4v) is 2.63. The first-order valence-electron chi connectivity index (χ1n) is 7.28. The van der Waals surface area contributed by atoms with Crippen LogP contribution >= 0.6 is 11.6 Å². The van der Waals surface area contributed by atoms with Crippen molar-refractivity contribution < 1.29 is 29.1 Å². The number of hydrogen-bond acceptors (Lipinski definition) is 3. The smallest absolute Gasteiger partial charge is 0.0475 e. The van der Waals surface area contributed by atoms with Gasteiger partial charge in [-0.2, -0.15) is 0 Å². The van der Waals surface area contributed by atoms with Crippen molar-refractivity contribution in [2.45, 2.75) is 25.7 Å². The maximum atomic E-state index is 8.74. The normalized spacial score (nSPS) is 13.3. The molecule has 0 bridgehead atoms. The van der Waals surface area contributed by atoms with E-state index in [4.69, 9.17) is 16.7 Å². The van der Waals surface area contributed by atoms with Crippen molar-refractivity contribution in [2.24, 2.45) is 0 Å². The van der Waals surface area contributed by atoms with Crippen LogP contribution in [0.5, 0.6) is 0 Å². The molecule has 0 unspecified atom stereocenters. The largest absolute Gasteiger partial charge is 1.00 e. The van der Waals surface area contributed by atoms with Gasteiger partial charge in [0.1, 0.15) is 0 Å². The summed E-state index contributed by atoms with van der Waals surface area (Å²) in [6.07, 6.45) is 6.54. The molecule has 2 rings (SSSR count). The number of aliphatic hydroxyl groups is 1. The molecule has 0 saturated heterocycles. The monoisotopic (exact) mass is 421 g/mol. The molecule has 1 aliphatic heterocycles. The second-order valence-corrected chi connectivity index (χ2v) is 5.66. The second-order valence-electron chi connectivity index (χ2n) is 5.22. The highest BCUT2D eigenvalue weighted by Gasteiger charge is 2.15. The summed E-state index contributed by atoms with van der Waals surface area (Å²) in [5.41, 5.74) is 3.61. The van der Waals surface area contributed by atoms with Gasteiger partial charge in [0, 0.05) is 48.7 Å². The van der Waals surface area contributed by atoms with Crippen LogP contribution in [-0.2, 0) is 0 Å². The minimum Gasteiger partial charge on any atom is -1.00 e. The van der Waals surface area contributed by atoms with E-state index < -0.39 is 0 Å². The molecule has 0 amide bonds. The Morgan fingerprint density at radius 2 is 2.00 bits per heavy atom. The molecule has 1 aliphatic rings. The van der Waals surface area contributed by atoms with Crippen molar-refractivity contribution in [2.75, 3.05) is 31.6 Å². The number of likely N-dealkylation sites (N-methyl/N-ethyl adjacent to an activating group) is 1. The number of hydrogen-bond donors (Lipinski definition) is 2. The van der Waals surface area contributed by atoms with Crippen molar-refractivity contribution >= 4 is 23.0 Å². The molecule has 0 fully saturated rings. The zero-order valence-corrected chi connectivity index (χ0v) is 15.3. The van der Waals surface area contributed by atoms with Gasteiger partial charge in [-0.15, -0.1) is 0 Å². The Labute approximate surface area is 149 Å². The van der Waals surface area contributed by atoms with Gasteiger partial charge in [0.05, 0.1) is 0 Å². The molecule has 0 aliphatic carbocycles. The average Bonchev–Trinajstić information content (AvgIpc) is 2.45. The van der Waals surface area contributed by atoms with E-state index in [-0.39, 0.29) is 24.0 Å². The minimum absolute atomic E-state index is 0. The molecule has 0 aromatic heterocycles. The summed E-state index contributed by atoms with van der Waals surface area (Å²) >= 11 is 6.08. The summed E-state index contributed by atoms with van der Waals surface area (Å²) in [6, 6.07) is 6.04. The first-order chi connectivity index (χ1) is 9.72. The van der Waals surface area contributed by atoms with Crippen LogP contribution in [0.15, 0.2) is 24.3 Å². The Hall–Kier alpha value is -0.460. The molecule has 1 heterocycles. The third-order valence-electron chi connectivity index (χ3n) is 3.63. The van der Waals surface area contributed by atoms with Gasteiger partial charge in [0.2, 0.25) is 0 Å². The predicted molar refractivity (Wildman–Crippen MR) is 86.3 cm³/mol. The number of fused-ring (bicyclic) bond motifs is 1. The first kappa shape index (κ1) is 18.6. The van der Waals surface area contributed by atoms with Crippen LogP contribution in [0.3, 0.4) is 0 Å². The highest BCUT2D eigenvalue weighted by atomic mass is 127. The van der Waals surface area contributed by atoms with Gasteiger partial charge in [0.25, 0.3) is 0 Å². The first-order valence-corrected chi connectivity index (χ1v) is 7.66. The lowest BCUT2D eigenvalue weighted by Crippen LogP contribution is -3.00. The van der Waals surface area contributed by atoms with Gasteiger partial charge < -0.3 is 39.3 Å². The Bertz CT molecular complexity index is 479. The second kappa shape index (κ2) is 9.54. The minimum atomic E-state index is 0. The van der Waals surface area contributed by atoms with E-state index >= 15 is 0 Å². The zero-order valence-electron chi connectivity index (χ0n) is 12.4. The summed E-state index contributed by atoms with van der Waals surface area (Å²) in [4.78, 5) is 2.20. The molecule has 0 radical (unpaired) electrons. The van der Waals surface area contributed by atoms with Crippen LogP contribution in [0.2, 0.25) is 5.02 Å². The molecule has 2 N–H and O–H groups in total. The molecule has 21 heavy (non-hydrogen) atoms. The Kier molecular flexibility index (Phi) is 8.44. The maximum absolute atomic E-state index is 8.74. The summed E-state index contributed by atoms with van der Waals surface area (Å²) in [5.74, 6) is 0. The topological polar surface area (TPSA) is 35.5 Å². The lowest BCUT2D eigenvalue weighted by molar-refractivity contribution is -0.00000517. The molecule has 118 valence electrons. The van der Waals surface area contributed by atoms with Gasteiger partial charge in [-0.3, -0.25) is 0 Å². The molecule has 5 heteroatoms. The van der Waals surface area contributed by atoms with Gasteiger partial charge in [-0.25, -0.2) is 0 Å². The van der Waals surface area contributed by atoms with Crippen LogP contribution < -0.4 is 34.2 Å². The summed E-state index contributed by atoms with van der Waals surface area (Å²) < 4.78 is 0. The maximum Gasteiger partial charge on any atom is 0.0475 e. The summed E-state index contributed by atoms with van der Waals surface area (Å²) in [5, 5.41) is 13.0. The Morgan fingerprint density at radius 1 is 1.24 bits per heavy atom. The van der Waals surface area contributed by atoms with Crippen molar-refractivity contribution in [3.05, 3.63) is 34.9 Å². The molecule has 0 spiro atoms. The fraction of sp³-hybridized carbons (Fsp3) is 0.500. The van der Waals surface area contributed by atoms with E-state index in [1.165, 1.54) is 16.9 Å². The van der Waals surface area contributed by atoms with E-state index in [1.54, 1.807) is 0 Å². The van der Waals surface area contributed by atoms with Crippen LogP contribution in [0.4, 0.5) is 5.69 Å². The number of unbranched alkanes of at least 4 members (excludes halogenated alkanes) is 3. The third kappa shape index (κ3) is 5.34. The summed E-state index contributed by atoms with van der Waals surface area (Å²) in [6.45, 7) is 2.18. The summed E-state index contributed by atoms with van der Waals surface area (Å²) in [7, 11) is 2.08. The Morgan fingerprint density at radius 3 is 2.76 bits per heavy atom. The number of nitrogens with zero attached hydrogens (tertiary/aromatic N) is 1. The van der Waals surface area contributed by atoms with E-state index in [9.17, 15) is 0 Å². The van der Waals surface area contributed by atoms with E-state index in [2.05, 4.69) is 29.4 Å². The highest BCUT2D eigenvalue weighted by Crippen LogP contribution is 2.31. The number of rotatable bonds is 7. The molecule has 3 nitrogen and oxygen atoms in total. The lowest BCUT2D eigenvalue weighted by Gasteiger charge is -2.28. The predicted octanol–water partition coefficient (Wildman–Crippen LogP) is 0.277. The number of nitrogens with one attached hydrogen (secondary N) is 1. The van der Waals surface area contributed by atoms with Crippen molar-refractivity contribution in [3.63, 3.8) is 0 Å². The molecular formula is C16H23ClIN2O-. The highest BCUT2D eigenvalue weighted by molar-refractivity contribution is 6.31. The Balaban J connectivity index is 0.00000220. The average molecular weight is 422 g/mol. The lowest BCUT2D eigenvalue weighted by atomic mass is 10.0. The van der Waals surface area contributed by atoms with Crippen LogP contribution in [0.1, 0.15) is 31.2 Å². The standard InChI is InChI=1S/C16H23ClN2O.HI/c1-19-10-8-15(18-9-4-2-3-5-11-20)14-7-6-13(17)12-16(14)19;/h6-8,12,18,20H,2-5,9-11H2,1H3;1H/p-1.